The second kappa shape index (κ2) is 8.61. The standard InChI is InChI=1S/C24H20N2O4/c1-2-21(30-24(28)17-13-14-20-22(15-17)29-16-25-20)23(27)26(18-9-5-3-6-10-18)19-11-7-4-8-12-19/h3-16,21H,2H2,1H3. The molecule has 0 N–H and O–H groups in total. The lowest BCUT2D eigenvalue weighted by atomic mass is 10.1. The smallest absolute Gasteiger partial charge is 0.339 e. The molecular weight excluding hydrogens is 380 g/mol. The van der Waals surface area contributed by atoms with Crippen LogP contribution in [-0.4, -0.2) is 23.0 Å². The highest BCUT2D eigenvalue weighted by Gasteiger charge is 2.29. The molecule has 6 nitrogen and oxygen atoms in total. The quantitative estimate of drug-likeness (QED) is 0.420. The third-order valence-corrected chi connectivity index (χ3v) is 4.71. The van der Waals surface area contributed by atoms with Gasteiger partial charge in [0, 0.05) is 11.4 Å². The van der Waals surface area contributed by atoms with E-state index in [1.165, 1.54) is 6.39 Å². The van der Waals surface area contributed by atoms with E-state index in [-0.39, 0.29) is 5.91 Å². The number of carbonyl (C=O) groups excluding carboxylic acids is 2. The van der Waals surface area contributed by atoms with E-state index in [9.17, 15) is 9.59 Å². The number of anilines is 2. The van der Waals surface area contributed by atoms with E-state index in [0.717, 1.165) is 0 Å². The van der Waals surface area contributed by atoms with E-state index in [1.807, 2.05) is 67.6 Å². The summed E-state index contributed by atoms with van der Waals surface area (Å²) in [4.78, 5) is 31.8. The molecule has 0 spiro atoms. The van der Waals surface area contributed by atoms with Crippen LogP contribution in [0.5, 0.6) is 0 Å². The average Bonchev–Trinajstić information content (AvgIpc) is 3.27. The lowest BCUT2D eigenvalue weighted by Gasteiger charge is -2.27. The van der Waals surface area contributed by atoms with Crippen molar-refractivity contribution in [2.75, 3.05) is 4.90 Å². The molecule has 4 aromatic rings. The highest BCUT2D eigenvalue weighted by atomic mass is 16.5. The van der Waals surface area contributed by atoms with Crippen LogP contribution in [0.3, 0.4) is 0 Å². The third-order valence-electron chi connectivity index (χ3n) is 4.71. The topological polar surface area (TPSA) is 72.6 Å². The number of benzene rings is 3. The Bertz CT molecular complexity index is 1120. The molecule has 4 rings (SSSR count). The molecule has 1 aromatic heterocycles. The van der Waals surface area contributed by atoms with Crippen molar-refractivity contribution in [3.63, 3.8) is 0 Å². The maximum absolute atomic E-state index is 13.4. The Morgan fingerprint density at radius 3 is 2.20 bits per heavy atom. The van der Waals surface area contributed by atoms with Crippen LogP contribution in [0, 0.1) is 0 Å². The molecule has 3 aromatic carbocycles. The lowest BCUT2D eigenvalue weighted by molar-refractivity contribution is -0.126. The number of nitrogens with zero attached hydrogens (tertiary/aromatic N) is 2. The summed E-state index contributed by atoms with van der Waals surface area (Å²) in [5.41, 5.74) is 2.84. The van der Waals surface area contributed by atoms with Crippen molar-refractivity contribution in [3.05, 3.63) is 90.8 Å². The fraction of sp³-hybridized carbons (Fsp3) is 0.125. The van der Waals surface area contributed by atoms with Gasteiger partial charge < -0.3 is 9.15 Å². The maximum atomic E-state index is 13.4. The van der Waals surface area contributed by atoms with Gasteiger partial charge in [-0.2, -0.15) is 0 Å². The van der Waals surface area contributed by atoms with Gasteiger partial charge in [0.05, 0.1) is 5.56 Å². The zero-order valence-corrected chi connectivity index (χ0v) is 16.4. The van der Waals surface area contributed by atoms with E-state index in [2.05, 4.69) is 4.98 Å². The third kappa shape index (κ3) is 3.93. The van der Waals surface area contributed by atoms with Crippen LogP contribution in [0.4, 0.5) is 11.4 Å². The summed E-state index contributed by atoms with van der Waals surface area (Å²) in [5, 5.41) is 0. The SMILES string of the molecule is CCC(OC(=O)c1ccc2ncoc2c1)C(=O)N(c1ccccc1)c1ccccc1. The molecule has 0 aliphatic carbocycles. The first-order chi connectivity index (χ1) is 14.7. The normalized spacial score (nSPS) is 11.8. The number of carbonyl (C=O) groups is 2. The summed E-state index contributed by atoms with van der Waals surface area (Å²) in [7, 11) is 0. The first-order valence-electron chi connectivity index (χ1n) is 9.65. The van der Waals surface area contributed by atoms with Crippen LogP contribution in [0.15, 0.2) is 89.7 Å². The minimum atomic E-state index is -0.941. The summed E-state index contributed by atoms with van der Waals surface area (Å²) in [6.07, 6.45) is 0.712. The Morgan fingerprint density at radius 1 is 0.967 bits per heavy atom. The first kappa shape index (κ1) is 19.4. The van der Waals surface area contributed by atoms with Crippen molar-refractivity contribution in [1.82, 2.24) is 4.98 Å². The molecule has 1 atom stereocenters. The second-order valence-electron chi connectivity index (χ2n) is 6.68. The van der Waals surface area contributed by atoms with Gasteiger partial charge in [0.15, 0.2) is 18.1 Å². The number of rotatable bonds is 6. The summed E-state index contributed by atoms with van der Waals surface area (Å²) >= 11 is 0. The minimum Gasteiger partial charge on any atom is -0.449 e. The average molecular weight is 400 g/mol. The Balaban J connectivity index is 1.61. The lowest BCUT2D eigenvalue weighted by Crippen LogP contribution is -2.38. The first-order valence-corrected chi connectivity index (χ1v) is 9.65. The van der Waals surface area contributed by atoms with Crippen LogP contribution >= 0.6 is 0 Å². The van der Waals surface area contributed by atoms with Gasteiger partial charge in [-0.05, 0) is 48.9 Å². The molecular formula is C24H20N2O4. The summed E-state index contributed by atoms with van der Waals surface area (Å²) in [6.45, 7) is 1.81. The Hall–Kier alpha value is -3.93. The van der Waals surface area contributed by atoms with Gasteiger partial charge in [-0.3, -0.25) is 9.69 Å². The molecule has 0 fully saturated rings. The molecule has 6 heteroatoms. The van der Waals surface area contributed by atoms with Crippen molar-refractivity contribution in [2.24, 2.45) is 0 Å². The Morgan fingerprint density at radius 2 is 1.60 bits per heavy atom. The molecule has 0 aliphatic heterocycles. The van der Waals surface area contributed by atoms with E-state index in [1.54, 1.807) is 23.1 Å². The number of para-hydroxylation sites is 2. The van der Waals surface area contributed by atoms with Gasteiger partial charge in [0.2, 0.25) is 0 Å². The van der Waals surface area contributed by atoms with Crippen molar-refractivity contribution >= 4 is 34.4 Å². The van der Waals surface area contributed by atoms with Gasteiger partial charge in [-0.25, -0.2) is 9.78 Å². The van der Waals surface area contributed by atoms with Crippen LogP contribution in [0.2, 0.25) is 0 Å². The fourth-order valence-electron chi connectivity index (χ4n) is 3.19. The highest BCUT2D eigenvalue weighted by molar-refractivity contribution is 6.04. The monoisotopic (exact) mass is 400 g/mol. The van der Waals surface area contributed by atoms with Crippen LogP contribution < -0.4 is 4.90 Å². The molecule has 0 saturated carbocycles. The van der Waals surface area contributed by atoms with E-state index < -0.39 is 12.1 Å². The molecule has 0 bridgehead atoms. The largest absolute Gasteiger partial charge is 0.449 e. The molecule has 150 valence electrons. The summed E-state index contributed by atoms with van der Waals surface area (Å²) < 4.78 is 10.9. The van der Waals surface area contributed by atoms with Crippen molar-refractivity contribution in [2.45, 2.75) is 19.4 Å². The van der Waals surface area contributed by atoms with Crippen molar-refractivity contribution in [3.8, 4) is 0 Å². The molecule has 0 radical (unpaired) electrons. The zero-order valence-electron chi connectivity index (χ0n) is 16.4. The van der Waals surface area contributed by atoms with E-state index in [0.29, 0.717) is 34.5 Å². The Kier molecular flexibility index (Phi) is 5.57. The molecule has 1 heterocycles. The summed E-state index contributed by atoms with van der Waals surface area (Å²) in [5.74, 6) is -0.904. The van der Waals surface area contributed by atoms with Gasteiger partial charge >= 0.3 is 5.97 Å². The van der Waals surface area contributed by atoms with Crippen LogP contribution in [0.1, 0.15) is 23.7 Å². The van der Waals surface area contributed by atoms with Crippen molar-refractivity contribution < 1.29 is 18.7 Å². The predicted molar refractivity (Wildman–Crippen MR) is 114 cm³/mol. The highest BCUT2D eigenvalue weighted by Crippen LogP contribution is 2.27. The number of hydrogen-bond donors (Lipinski definition) is 0. The second-order valence-corrected chi connectivity index (χ2v) is 6.68. The molecule has 1 amide bonds. The number of fused-ring (bicyclic) bond motifs is 1. The summed E-state index contributed by atoms with van der Waals surface area (Å²) in [6, 6.07) is 23.4. The number of oxazole rings is 1. The van der Waals surface area contributed by atoms with Crippen LogP contribution in [0.25, 0.3) is 11.1 Å². The number of amides is 1. The molecule has 1 unspecified atom stereocenters. The van der Waals surface area contributed by atoms with E-state index in [4.69, 9.17) is 9.15 Å². The maximum Gasteiger partial charge on any atom is 0.339 e. The molecule has 0 aliphatic rings. The minimum absolute atomic E-state index is 0.302. The number of esters is 1. The fourth-order valence-corrected chi connectivity index (χ4v) is 3.19. The molecule has 30 heavy (non-hydrogen) atoms. The Labute approximate surface area is 173 Å². The van der Waals surface area contributed by atoms with Gasteiger partial charge in [0.1, 0.15) is 5.52 Å². The number of ether oxygens (including phenoxy) is 1. The van der Waals surface area contributed by atoms with Crippen LogP contribution in [-0.2, 0) is 9.53 Å². The number of hydrogen-bond acceptors (Lipinski definition) is 5. The van der Waals surface area contributed by atoms with Crippen molar-refractivity contribution in [1.29, 1.82) is 0 Å². The zero-order chi connectivity index (χ0) is 20.9. The predicted octanol–water partition coefficient (Wildman–Crippen LogP) is 5.13. The van der Waals surface area contributed by atoms with Gasteiger partial charge in [-0.15, -0.1) is 0 Å². The number of aromatic nitrogens is 1. The molecule has 0 saturated heterocycles. The van der Waals surface area contributed by atoms with E-state index >= 15 is 0 Å². The van der Waals surface area contributed by atoms with Gasteiger partial charge in [-0.1, -0.05) is 43.3 Å². The van der Waals surface area contributed by atoms with Gasteiger partial charge in [0.25, 0.3) is 5.91 Å².